The fraction of sp³-hybridized carbons (Fsp3) is 0.393. The zero-order valence-electron chi connectivity index (χ0n) is 20.1. The summed E-state index contributed by atoms with van der Waals surface area (Å²) in [4.78, 5) is 15.2. The minimum Gasteiger partial charge on any atom is -0.496 e. The highest BCUT2D eigenvalue weighted by molar-refractivity contribution is 5.97. The number of nitrogens with one attached hydrogen (secondary N) is 1. The Morgan fingerprint density at radius 1 is 0.941 bits per heavy atom. The summed E-state index contributed by atoms with van der Waals surface area (Å²) in [6.07, 6.45) is 1.88. The maximum atomic E-state index is 12.7. The van der Waals surface area contributed by atoms with Crippen LogP contribution in [0.25, 0.3) is 10.8 Å². The number of benzene rings is 3. The fourth-order valence-corrected chi connectivity index (χ4v) is 4.46. The molecule has 0 radical (unpaired) electrons. The molecule has 4 rings (SSSR count). The summed E-state index contributed by atoms with van der Waals surface area (Å²) in [6.45, 7) is 4.64. The van der Waals surface area contributed by atoms with Crippen molar-refractivity contribution in [1.82, 2.24) is 10.2 Å². The molecular formula is C28H34N2O4. The van der Waals surface area contributed by atoms with Gasteiger partial charge in [-0.3, -0.25) is 9.69 Å². The van der Waals surface area contributed by atoms with Crippen LogP contribution in [-0.2, 0) is 22.6 Å². The number of piperidine rings is 1. The van der Waals surface area contributed by atoms with E-state index in [2.05, 4.69) is 46.6 Å². The van der Waals surface area contributed by atoms with E-state index in [1.165, 1.54) is 21.9 Å². The molecule has 6 heteroatoms. The number of fused-ring (bicyclic) bond motifs is 1. The van der Waals surface area contributed by atoms with Crippen LogP contribution in [0.5, 0.6) is 5.75 Å². The Morgan fingerprint density at radius 3 is 2.44 bits per heavy atom. The Kier molecular flexibility index (Phi) is 8.52. The van der Waals surface area contributed by atoms with Crippen LogP contribution in [0.2, 0.25) is 0 Å². The molecule has 3 aromatic carbocycles. The van der Waals surface area contributed by atoms with E-state index in [1.807, 2.05) is 18.2 Å². The largest absolute Gasteiger partial charge is 0.496 e. The highest BCUT2D eigenvalue weighted by atomic mass is 16.5. The Hall–Kier alpha value is -2.93. The summed E-state index contributed by atoms with van der Waals surface area (Å²) in [7, 11) is 3.27. The molecule has 1 heterocycles. The second-order valence-corrected chi connectivity index (χ2v) is 8.79. The molecule has 0 unspecified atom stereocenters. The first-order valence-electron chi connectivity index (χ1n) is 11.9. The van der Waals surface area contributed by atoms with Gasteiger partial charge in [0, 0.05) is 32.8 Å². The predicted octanol–water partition coefficient (Wildman–Crippen LogP) is 4.41. The number of para-hydroxylation sites is 1. The lowest BCUT2D eigenvalue weighted by molar-refractivity contribution is 0.0617. The van der Waals surface area contributed by atoms with Crippen LogP contribution >= 0.6 is 0 Å². The summed E-state index contributed by atoms with van der Waals surface area (Å²) in [5.41, 5.74) is 3.07. The lowest BCUT2D eigenvalue weighted by atomic mass is 10.0. The molecule has 3 aromatic rings. The van der Waals surface area contributed by atoms with E-state index in [9.17, 15) is 4.79 Å². The average Bonchev–Trinajstić information content (AvgIpc) is 2.87. The van der Waals surface area contributed by atoms with Crippen molar-refractivity contribution >= 4 is 16.7 Å². The summed E-state index contributed by atoms with van der Waals surface area (Å²) in [5, 5.41) is 5.66. The summed E-state index contributed by atoms with van der Waals surface area (Å²) in [6, 6.07) is 20.7. The van der Waals surface area contributed by atoms with Gasteiger partial charge in [-0.05, 0) is 59.0 Å². The second-order valence-electron chi connectivity index (χ2n) is 8.79. The van der Waals surface area contributed by atoms with Crippen molar-refractivity contribution in [3.8, 4) is 5.75 Å². The normalized spacial score (nSPS) is 14.9. The summed E-state index contributed by atoms with van der Waals surface area (Å²) in [5.74, 6) is 0.547. The van der Waals surface area contributed by atoms with Gasteiger partial charge in [0.05, 0.1) is 32.5 Å². The van der Waals surface area contributed by atoms with Gasteiger partial charge in [0.1, 0.15) is 5.75 Å². The van der Waals surface area contributed by atoms with Gasteiger partial charge in [-0.1, -0.05) is 36.4 Å². The van der Waals surface area contributed by atoms with Gasteiger partial charge in [-0.2, -0.15) is 0 Å². The molecule has 0 aliphatic carbocycles. The third-order valence-electron chi connectivity index (χ3n) is 6.35. The van der Waals surface area contributed by atoms with E-state index in [0.717, 1.165) is 32.5 Å². The van der Waals surface area contributed by atoms with Crippen molar-refractivity contribution < 1.29 is 19.0 Å². The van der Waals surface area contributed by atoms with E-state index < -0.39 is 0 Å². The highest BCUT2D eigenvalue weighted by Gasteiger charge is 2.22. The number of nitrogens with zero attached hydrogens (tertiary/aromatic N) is 1. The van der Waals surface area contributed by atoms with E-state index in [1.54, 1.807) is 20.3 Å². The van der Waals surface area contributed by atoms with E-state index >= 15 is 0 Å². The standard InChI is InChI=1S/C28H34N2O4/c1-32-15-16-34-20-22-8-10-23-9-7-21(17-24(23)18-22)19-30-13-11-25(12-14-30)29-28(31)26-5-3-4-6-27(26)33-2/h3-10,17-18,25H,11-16,19-20H2,1-2H3,(H,29,31). The average molecular weight is 463 g/mol. The molecular weight excluding hydrogens is 428 g/mol. The van der Waals surface area contributed by atoms with Crippen LogP contribution < -0.4 is 10.1 Å². The third kappa shape index (κ3) is 6.35. The van der Waals surface area contributed by atoms with Crippen LogP contribution in [0.1, 0.15) is 34.3 Å². The van der Waals surface area contributed by atoms with Crippen molar-refractivity contribution in [2.75, 3.05) is 40.5 Å². The molecule has 0 aromatic heterocycles. The molecule has 6 nitrogen and oxygen atoms in total. The predicted molar refractivity (Wildman–Crippen MR) is 134 cm³/mol. The monoisotopic (exact) mass is 462 g/mol. The lowest BCUT2D eigenvalue weighted by Crippen LogP contribution is -2.44. The molecule has 0 saturated carbocycles. The Bertz CT molecular complexity index is 1090. The van der Waals surface area contributed by atoms with Gasteiger partial charge in [0.25, 0.3) is 5.91 Å². The van der Waals surface area contributed by atoms with Crippen LogP contribution in [0.3, 0.4) is 0 Å². The minimum atomic E-state index is -0.0626. The van der Waals surface area contributed by atoms with Gasteiger partial charge in [0.2, 0.25) is 0 Å². The maximum absolute atomic E-state index is 12.7. The molecule has 1 aliphatic heterocycles. The van der Waals surface area contributed by atoms with Crippen LogP contribution in [-0.4, -0.2) is 57.4 Å². The van der Waals surface area contributed by atoms with Gasteiger partial charge in [-0.15, -0.1) is 0 Å². The molecule has 0 bridgehead atoms. The number of hydrogen-bond acceptors (Lipinski definition) is 5. The fourth-order valence-electron chi connectivity index (χ4n) is 4.46. The first-order chi connectivity index (χ1) is 16.7. The van der Waals surface area contributed by atoms with Gasteiger partial charge in [-0.25, -0.2) is 0 Å². The van der Waals surface area contributed by atoms with E-state index in [4.69, 9.17) is 14.2 Å². The molecule has 0 atom stereocenters. The number of likely N-dealkylation sites (tertiary alicyclic amines) is 1. The van der Waals surface area contributed by atoms with Gasteiger partial charge < -0.3 is 19.5 Å². The minimum absolute atomic E-state index is 0.0626. The first-order valence-corrected chi connectivity index (χ1v) is 11.9. The number of hydrogen-bond donors (Lipinski definition) is 1. The molecule has 0 spiro atoms. The van der Waals surface area contributed by atoms with Crippen LogP contribution in [0.15, 0.2) is 60.7 Å². The Balaban J connectivity index is 1.30. The lowest BCUT2D eigenvalue weighted by Gasteiger charge is -2.32. The number of carbonyl (C=O) groups excluding carboxylic acids is 1. The number of amides is 1. The summed E-state index contributed by atoms with van der Waals surface area (Å²) < 4.78 is 16.0. The molecule has 1 amide bonds. The molecule has 1 saturated heterocycles. The maximum Gasteiger partial charge on any atom is 0.255 e. The number of methoxy groups -OCH3 is 2. The number of carbonyl (C=O) groups is 1. The first kappa shape index (κ1) is 24.2. The zero-order valence-corrected chi connectivity index (χ0v) is 20.1. The van der Waals surface area contributed by atoms with Crippen LogP contribution in [0, 0.1) is 0 Å². The Labute approximate surface area is 201 Å². The molecule has 180 valence electrons. The van der Waals surface area contributed by atoms with Gasteiger partial charge in [0.15, 0.2) is 0 Å². The van der Waals surface area contributed by atoms with E-state index in [-0.39, 0.29) is 11.9 Å². The van der Waals surface area contributed by atoms with Crippen molar-refractivity contribution in [2.45, 2.75) is 32.0 Å². The Morgan fingerprint density at radius 2 is 1.68 bits per heavy atom. The molecule has 1 N–H and O–H groups in total. The number of ether oxygens (including phenoxy) is 3. The third-order valence-corrected chi connectivity index (χ3v) is 6.35. The second kappa shape index (κ2) is 12.0. The molecule has 1 aliphatic rings. The van der Waals surface area contributed by atoms with Crippen LogP contribution in [0.4, 0.5) is 0 Å². The summed E-state index contributed by atoms with van der Waals surface area (Å²) >= 11 is 0. The van der Waals surface area contributed by atoms with Crippen molar-refractivity contribution in [2.24, 2.45) is 0 Å². The van der Waals surface area contributed by atoms with Crippen molar-refractivity contribution in [3.63, 3.8) is 0 Å². The highest BCUT2D eigenvalue weighted by Crippen LogP contribution is 2.22. The topological polar surface area (TPSA) is 60.0 Å². The number of rotatable bonds is 10. The molecule has 1 fully saturated rings. The van der Waals surface area contributed by atoms with Gasteiger partial charge >= 0.3 is 0 Å². The SMILES string of the molecule is COCCOCc1ccc2ccc(CN3CCC(NC(=O)c4ccccc4OC)CC3)cc2c1. The smallest absolute Gasteiger partial charge is 0.255 e. The van der Waals surface area contributed by atoms with Crippen molar-refractivity contribution in [3.05, 3.63) is 77.4 Å². The molecule has 34 heavy (non-hydrogen) atoms. The van der Waals surface area contributed by atoms with E-state index in [0.29, 0.717) is 31.1 Å². The quantitative estimate of drug-likeness (QED) is 0.453. The van der Waals surface area contributed by atoms with Crippen molar-refractivity contribution in [1.29, 1.82) is 0 Å². The zero-order chi connectivity index (χ0) is 23.8.